The molecule has 2 aliphatic heterocycles. The van der Waals surface area contributed by atoms with Crippen LogP contribution in [0.4, 0.5) is 0 Å². The smallest absolute Gasteiger partial charge is 0.255 e. The maximum Gasteiger partial charge on any atom is 0.255 e. The molecule has 4 heteroatoms. The number of carbonyl (C=O) groups excluding carboxylic acids is 1. The molecule has 2 aliphatic rings. The van der Waals surface area contributed by atoms with E-state index in [2.05, 4.69) is 17.1 Å². The number of pyridine rings is 1. The van der Waals surface area contributed by atoms with Gasteiger partial charge in [-0.25, -0.2) is 0 Å². The van der Waals surface area contributed by atoms with Crippen molar-refractivity contribution in [2.75, 3.05) is 19.7 Å². The molecule has 1 atom stereocenters. The van der Waals surface area contributed by atoms with E-state index < -0.39 is 0 Å². The maximum atomic E-state index is 12.9. The Labute approximate surface area is 148 Å². The van der Waals surface area contributed by atoms with Crippen molar-refractivity contribution in [1.29, 1.82) is 0 Å². The van der Waals surface area contributed by atoms with Crippen molar-refractivity contribution in [3.8, 4) is 5.75 Å². The number of fused-ring (bicyclic) bond motifs is 1. The number of ether oxygens (including phenoxy) is 1. The third kappa shape index (κ3) is 3.53. The fourth-order valence-corrected chi connectivity index (χ4v) is 3.86. The number of amides is 1. The van der Waals surface area contributed by atoms with Crippen LogP contribution < -0.4 is 4.74 Å². The zero-order chi connectivity index (χ0) is 17.1. The Morgan fingerprint density at radius 2 is 1.96 bits per heavy atom. The van der Waals surface area contributed by atoms with Gasteiger partial charge in [-0.3, -0.25) is 9.78 Å². The van der Waals surface area contributed by atoms with Crippen LogP contribution in [-0.2, 0) is 12.8 Å². The van der Waals surface area contributed by atoms with E-state index in [1.54, 1.807) is 6.20 Å². The number of benzene rings is 1. The zero-order valence-corrected chi connectivity index (χ0v) is 14.5. The number of aromatic nitrogens is 1. The van der Waals surface area contributed by atoms with Crippen LogP contribution >= 0.6 is 0 Å². The Kier molecular flexibility index (Phi) is 4.68. The van der Waals surface area contributed by atoms with Gasteiger partial charge in [-0.2, -0.15) is 0 Å². The molecule has 0 bridgehead atoms. The molecular weight excluding hydrogens is 312 g/mol. The fourth-order valence-electron chi connectivity index (χ4n) is 3.86. The van der Waals surface area contributed by atoms with Gasteiger partial charge in [0.25, 0.3) is 5.91 Å². The van der Waals surface area contributed by atoms with Crippen LogP contribution in [0.3, 0.4) is 0 Å². The summed E-state index contributed by atoms with van der Waals surface area (Å²) in [6.45, 7) is 2.42. The van der Waals surface area contributed by atoms with Gasteiger partial charge < -0.3 is 9.64 Å². The van der Waals surface area contributed by atoms with Crippen molar-refractivity contribution in [2.24, 2.45) is 5.92 Å². The molecule has 1 saturated heterocycles. The van der Waals surface area contributed by atoms with Gasteiger partial charge in [0.15, 0.2) is 0 Å². The average Bonchev–Trinajstić information content (AvgIpc) is 2.68. The van der Waals surface area contributed by atoms with E-state index in [1.807, 2.05) is 29.2 Å². The van der Waals surface area contributed by atoms with Crippen LogP contribution in [0.15, 0.2) is 42.6 Å². The molecule has 1 unspecified atom stereocenters. The predicted molar refractivity (Wildman–Crippen MR) is 96.8 cm³/mol. The highest BCUT2D eigenvalue weighted by Gasteiger charge is 2.25. The lowest BCUT2D eigenvalue weighted by molar-refractivity contribution is 0.0722. The van der Waals surface area contributed by atoms with Crippen LogP contribution in [0, 0.1) is 5.92 Å². The highest BCUT2D eigenvalue weighted by molar-refractivity contribution is 5.95. The normalized spacial score (nSPS) is 19.8. The van der Waals surface area contributed by atoms with Crippen LogP contribution in [0.1, 0.15) is 40.9 Å². The number of carbonyl (C=O) groups is 1. The fraction of sp³-hybridized carbons (Fsp3) is 0.429. The Hall–Kier alpha value is -2.36. The zero-order valence-electron chi connectivity index (χ0n) is 14.5. The second-order valence-electron chi connectivity index (χ2n) is 7.04. The van der Waals surface area contributed by atoms with Crippen molar-refractivity contribution in [2.45, 2.75) is 32.1 Å². The molecule has 1 amide bonds. The molecule has 1 aromatic carbocycles. The number of rotatable bonds is 3. The summed E-state index contributed by atoms with van der Waals surface area (Å²) in [5.74, 6) is 1.49. The summed E-state index contributed by atoms with van der Waals surface area (Å²) < 4.78 is 5.90. The Morgan fingerprint density at radius 1 is 1.12 bits per heavy atom. The number of piperidine rings is 1. The lowest BCUT2D eigenvalue weighted by Crippen LogP contribution is -2.36. The van der Waals surface area contributed by atoms with Gasteiger partial charge in [0.2, 0.25) is 0 Å². The lowest BCUT2D eigenvalue weighted by Gasteiger charge is -2.28. The third-order valence-electron chi connectivity index (χ3n) is 5.20. The maximum absolute atomic E-state index is 12.9. The minimum atomic E-state index is 0.139. The molecule has 130 valence electrons. The van der Waals surface area contributed by atoms with Gasteiger partial charge in [0.05, 0.1) is 17.9 Å². The van der Waals surface area contributed by atoms with Gasteiger partial charge in [-0.15, -0.1) is 0 Å². The number of nitrogens with zero attached hydrogens (tertiary/aromatic N) is 2. The molecule has 1 aromatic heterocycles. The van der Waals surface area contributed by atoms with E-state index in [1.165, 1.54) is 12.0 Å². The summed E-state index contributed by atoms with van der Waals surface area (Å²) >= 11 is 0. The molecule has 4 rings (SSSR count). The second kappa shape index (κ2) is 7.26. The molecule has 25 heavy (non-hydrogen) atoms. The summed E-state index contributed by atoms with van der Waals surface area (Å²) in [4.78, 5) is 19.4. The van der Waals surface area contributed by atoms with Crippen LogP contribution in [-0.4, -0.2) is 35.5 Å². The Morgan fingerprint density at radius 3 is 2.84 bits per heavy atom. The quantitative estimate of drug-likeness (QED) is 0.861. The van der Waals surface area contributed by atoms with Crippen LogP contribution in [0.5, 0.6) is 5.75 Å². The van der Waals surface area contributed by atoms with Crippen molar-refractivity contribution in [3.63, 3.8) is 0 Å². The first-order valence-electron chi connectivity index (χ1n) is 9.25. The summed E-state index contributed by atoms with van der Waals surface area (Å²) in [5.41, 5.74) is 2.92. The molecule has 0 N–H and O–H groups in total. The third-order valence-corrected chi connectivity index (χ3v) is 5.20. The van der Waals surface area contributed by atoms with Crippen LogP contribution in [0.25, 0.3) is 0 Å². The molecule has 0 saturated carbocycles. The minimum Gasteiger partial charge on any atom is -0.493 e. The van der Waals surface area contributed by atoms with Gasteiger partial charge in [-0.05, 0) is 55.9 Å². The Balaban J connectivity index is 1.51. The lowest BCUT2D eigenvalue weighted by atomic mass is 9.91. The minimum absolute atomic E-state index is 0.139. The molecule has 0 spiro atoms. The van der Waals surface area contributed by atoms with Gasteiger partial charge in [-0.1, -0.05) is 18.2 Å². The number of hydrogen-bond donors (Lipinski definition) is 0. The van der Waals surface area contributed by atoms with E-state index in [-0.39, 0.29) is 5.91 Å². The predicted octanol–water partition coefficient (Wildman–Crippen LogP) is 3.50. The summed E-state index contributed by atoms with van der Waals surface area (Å²) in [6, 6.07) is 12.0. The standard InChI is InChI=1S/C21H24N2O2/c24-21(23-11-4-1-5-12-23)18-8-6-10-22-19(18)14-16-13-17-7-2-3-9-20(17)25-15-16/h2-3,6-10,16H,1,4-5,11-15H2. The van der Waals surface area contributed by atoms with Gasteiger partial charge >= 0.3 is 0 Å². The summed E-state index contributed by atoms with van der Waals surface area (Å²) in [7, 11) is 0. The highest BCUT2D eigenvalue weighted by Crippen LogP contribution is 2.29. The first kappa shape index (κ1) is 16.1. The Bertz CT molecular complexity index is 753. The molecule has 0 aliphatic carbocycles. The SMILES string of the molecule is O=C(c1cccnc1CC1COc2ccccc2C1)N1CCCCC1. The van der Waals surface area contributed by atoms with Crippen molar-refractivity contribution in [1.82, 2.24) is 9.88 Å². The molecular formula is C21H24N2O2. The molecule has 2 aromatic rings. The van der Waals surface area contributed by atoms with Crippen molar-refractivity contribution < 1.29 is 9.53 Å². The van der Waals surface area contributed by atoms with E-state index in [4.69, 9.17) is 4.74 Å². The summed E-state index contributed by atoms with van der Waals surface area (Å²) in [5, 5.41) is 0. The largest absolute Gasteiger partial charge is 0.493 e. The topological polar surface area (TPSA) is 42.4 Å². The van der Waals surface area contributed by atoms with Gasteiger partial charge in [0.1, 0.15) is 5.75 Å². The summed E-state index contributed by atoms with van der Waals surface area (Å²) in [6.07, 6.45) is 6.99. The highest BCUT2D eigenvalue weighted by atomic mass is 16.5. The molecule has 3 heterocycles. The first-order valence-corrected chi connectivity index (χ1v) is 9.25. The van der Waals surface area contributed by atoms with Gasteiger partial charge in [0, 0.05) is 25.2 Å². The monoisotopic (exact) mass is 336 g/mol. The number of para-hydroxylation sites is 1. The molecule has 0 radical (unpaired) electrons. The number of hydrogen-bond acceptors (Lipinski definition) is 3. The molecule has 1 fully saturated rings. The number of likely N-dealkylation sites (tertiary alicyclic amines) is 1. The van der Waals surface area contributed by atoms with Crippen LogP contribution in [0.2, 0.25) is 0 Å². The second-order valence-corrected chi connectivity index (χ2v) is 7.04. The van der Waals surface area contributed by atoms with E-state index in [0.29, 0.717) is 12.5 Å². The van der Waals surface area contributed by atoms with E-state index >= 15 is 0 Å². The van der Waals surface area contributed by atoms with E-state index in [0.717, 1.165) is 55.8 Å². The molecule has 4 nitrogen and oxygen atoms in total. The van der Waals surface area contributed by atoms with Crippen molar-refractivity contribution >= 4 is 5.91 Å². The average molecular weight is 336 g/mol. The first-order chi connectivity index (χ1) is 12.3. The van der Waals surface area contributed by atoms with Crippen molar-refractivity contribution in [3.05, 3.63) is 59.4 Å². The van der Waals surface area contributed by atoms with E-state index in [9.17, 15) is 4.79 Å².